The van der Waals surface area contributed by atoms with Crippen molar-refractivity contribution < 1.29 is 28.8 Å². The molecule has 2 N–H and O–H groups in total. The number of likely N-dealkylation sites (N-methyl/N-ethyl adjacent to an activating group) is 1. The largest absolute Gasteiger partial charge is 0.344 e. The summed E-state index contributed by atoms with van der Waals surface area (Å²) in [7, 11) is 1.78. The molecule has 402 valence electrons. The van der Waals surface area contributed by atoms with Gasteiger partial charge in [0.25, 0.3) is 0 Å². The van der Waals surface area contributed by atoms with Crippen LogP contribution in [0.25, 0.3) is 0 Å². The number of nitrogens with one attached hydrogen (secondary N) is 2. The number of ketones is 1. The van der Waals surface area contributed by atoms with Crippen LogP contribution in [0.2, 0.25) is 0 Å². The van der Waals surface area contributed by atoms with Crippen LogP contribution in [0, 0.1) is 34.5 Å². The van der Waals surface area contributed by atoms with Crippen molar-refractivity contribution in [1.29, 1.82) is 0 Å². The molecular formula is C58H104N6O6. The van der Waals surface area contributed by atoms with E-state index in [1.807, 2.05) is 51.3 Å². The third-order valence-electron chi connectivity index (χ3n) is 17.1. The number of rotatable bonds is 28. The summed E-state index contributed by atoms with van der Waals surface area (Å²) in [5.74, 6) is 1.16. The van der Waals surface area contributed by atoms with Crippen LogP contribution in [0.4, 0.5) is 0 Å². The normalized spacial score (nSPS) is 21.3. The molecular weight excluding hydrogens is 877 g/mol. The lowest BCUT2D eigenvalue weighted by Crippen LogP contribution is -2.57. The van der Waals surface area contributed by atoms with Gasteiger partial charge in [-0.25, -0.2) is 0 Å². The first-order valence-electron chi connectivity index (χ1n) is 28.9. The number of amides is 5. The van der Waals surface area contributed by atoms with Crippen molar-refractivity contribution in [3.05, 3.63) is 0 Å². The zero-order chi connectivity index (χ0) is 51.4. The van der Waals surface area contributed by atoms with Crippen LogP contribution in [-0.2, 0) is 28.8 Å². The first-order valence-corrected chi connectivity index (χ1v) is 28.9. The van der Waals surface area contributed by atoms with Gasteiger partial charge in [-0.3, -0.25) is 28.8 Å². The minimum atomic E-state index is -0.617. The molecule has 2 heterocycles. The molecule has 4 aliphatic rings. The summed E-state index contributed by atoms with van der Waals surface area (Å²) in [6.45, 7) is 21.9. The zero-order valence-electron chi connectivity index (χ0n) is 46.5. The van der Waals surface area contributed by atoms with E-state index in [1.54, 1.807) is 7.05 Å². The molecule has 6 atom stereocenters. The second-order valence-electron chi connectivity index (χ2n) is 24.8. The Balaban J connectivity index is 1.29. The van der Waals surface area contributed by atoms with Crippen molar-refractivity contribution >= 4 is 35.3 Å². The summed E-state index contributed by atoms with van der Waals surface area (Å²) in [4.78, 5) is 91.0. The van der Waals surface area contributed by atoms with Crippen molar-refractivity contribution in [3.8, 4) is 0 Å². The van der Waals surface area contributed by atoms with Crippen molar-refractivity contribution in [2.45, 2.75) is 253 Å². The van der Waals surface area contributed by atoms with Crippen LogP contribution in [0.3, 0.4) is 0 Å². The van der Waals surface area contributed by atoms with Gasteiger partial charge in [0.05, 0.1) is 6.04 Å². The highest BCUT2D eigenvalue weighted by Gasteiger charge is 2.42. The number of nitrogens with zero attached hydrogens (tertiary/aromatic N) is 4. The number of hydrogen-bond acceptors (Lipinski definition) is 7. The molecule has 0 spiro atoms. The summed E-state index contributed by atoms with van der Waals surface area (Å²) in [5, 5.41) is 6.16. The third kappa shape index (κ3) is 19.1. The Morgan fingerprint density at radius 2 is 1.03 bits per heavy atom. The molecule has 0 radical (unpaired) electrons. The number of Topliss-reactive ketones (excluding diaryl/α,β-unsaturated/α-hetero) is 1. The third-order valence-corrected chi connectivity index (χ3v) is 17.1. The lowest BCUT2D eigenvalue weighted by atomic mass is 9.76. The Morgan fingerprint density at radius 1 is 0.586 bits per heavy atom. The van der Waals surface area contributed by atoms with Crippen LogP contribution in [0.15, 0.2) is 0 Å². The van der Waals surface area contributed by atoms with Gasteiger partial charge in [-0.05, 0) is 94.4 Å². The lowest BCUT2D eigenvalue weighted by molar-refractivity contribution is -0.144. The van der Waals surface area contributed by atoms with Gasteiger partial charge in [0.2, 0.25) is 29.5 Å². The van der Waals surface area contributed by atoms with Crippen molar-refractivity contribution in [2.75, 3.05) is 46.3 Å². The number of carbonyl (C=O) groups excluding carboxylic acids is 6. The molecule has 2 saturated carbocycles. The monoisotopic (exact) mass is 981 g/mol. The number of carbonyl (C=O) groups is 6. The van der Waals surface area contributed by atoms with Crippen LogP contribution < -0.4 is 10.6 Å². The second-order valence-corrected chi connectivity index (χ2v) is 24.8. The summed E-state index contributed by atoms with van der Waals surface area (Å²) in [6.07, 6.45) is 25.9. The SMILES string of the molecule is CC[C@@H](C)C(=O)N[C@H](C(=O)N1CCC[C@H]1CN(CCC1CCCCC1)C(=O)CCCCCCCCC(=O)N(CCC1CCCCC1)C[C@@H]1CCCN1C(=O)[C@@H](CC(=O)[C@H](C)NC)C(C)(C)C)C(C)(C)C. The summed E-state index contributed by atoms with van der Waals surface area (Å²) in [6, 6.07) is -0.989. The van der Waals surface area contributed by atoms with E-state index in [0.717, 1.165) is 96.6 Å². The van der Waals surface area contributed by atoms with E-state index >= 15 is 0 Å². The molecule has 12 heteroatoms. The molecule has 4 rings (SSSR count). The van der Waals surface area contributed by atoms with E-state index < -0.39 is 17.4 Å². The number of likely N-dealkylation sites (tertiary alicyclic amines) is 2. The average Bonchev–Trinajstić information content (AvgIpc) is 4.01. The molecule has 0 aromatic carbocycles. The molecule has 0 aromatic heterocycles. The summed E-state index contributed by atoms with van der Waals surface area (Å²) in [5.41, 5.74) is -0.805. The quantitative estimate of drug-likeness (QED) is 0.0744. The van der Waals surface area contributed by atoms with Gasteiger partial charge in [0.15, 0.2) is 0 Å². The van der Waals surface area contributed by atoms with E-state index in [2.05, 4.69) is 41.2 Å². The molecule has 2 saturated heterocycles. The first kappa shape index (κ1) is 59.5. The highest BCUT2D eigenvalue weighted by atomic mass is 16.2. The van der Waals surface area contributed by atoms with E-state index in [1.165, 1.54) is 64.2 Å². The maximum Gasteiger partial charge on any atom is 0.246 e. The van der Waals surface area contributed by atoms with Crippen LogP contribution in [-0.4, -0.2) is 125 Å². The molecule has 0 aromatic rings. The number of unbranched alkanes of at least 4 members (excludes halogenated alkanes) is 5. The van der Waals surface area contributed by atoms with Crippen LogP contribution in [0.5, 0.6) is 0 Å². The number of hydrogen-bond donors (Lipinski definition) is 2. The highest BCUT2D eigenvalue weighted by Crippen LogP contribution is 2.35. The summed E-state index contributed by atoms with van der Waals surface area (Å²) < 4.78 is 0. The molecule has 2 aliphatic carbocycles. The first-order chi connectivity index (χ1) is 33.2. The standard InChI is InChI=1S/C58H104N6O6/c1-11-43(2)54(68)60-53(58(7,8)9)56(70)64-37-25-31-48(64)42-62(39-35-46-28-20-17-21-29-46)52(67)33-23-15-13-12-14-22-32-51(66)61(38-34-45-26-18-16-19-27-45)41-47-30-24-36-63(47)55(69)49(57(4,5)6)40-50(65)44(3)59-10/h43-49,53,59H,11-42H2,1-10H3,(H,60,68)/t43-,44+,47+,48+,49-,53-/m1/s1. The van der Waals surface area contributed by atoms with Gasteiger partial charge in [0, 0.05) is 82.5 Å². The maximum absolute atomic E-state index is 14.3. The van der Waals surface area contributed by atoms with Crippen molar-refractivity contribution in [3.63, 3.8) is 0 Å². The van der Waals surface area contributed by atoms with Gasteiger partial charge in [0.1, 0.15) is 11.8 Å². The molecule has 0 bridgehead atoms. The van der Waals surface area contributed by atoms with Crippen LogP contribution in [0.1, 0.15) is 229 Å². The Bertz CT molecular complexity index is 1510. The Hall–Kier alpha value is -3.02. The van der Waals surface area contributed by atoms with Gasteiger partial charge in [-0.1, -0.05) is 145 Å². The fourth-order valence-electron chi connectivity index (χ4n) is 11.8. The Labute approximate surface area is 427 Å². The predicted molar refractivity (Wildman–Crippen MR) is 284 cm³/mol. The molecule has 0 unspecified atom stereocenters. The highest BCUT2D eigenvalue weighted by molar-refractivity contribution is 5.91. The van der Waals surface area contributed by atoms with E-state index in [0.29, 0.717) is 50.9 Å². The molecule has 2 aliphatic heterocycles. The second kappa shape index (κ2) is 29.6. The van der Waals surface area contributed by atoms with Crippen LogP contribution >= 0.6 is 0 Å². The van der Waals surface area contributed by atoms with Crippen molar-refractivity contribution in [1.82, 2.24) is 30.2 Å². The smallest absolute Gasteiger partial charge is 0.246 e. The fourth-order valence-corrected chi connectivity index (χ4v) is 11.8. The van der Waals surface area contributed by atoms with E-state index in [4.69, 9.17) is 0 Å². The van der Waals surface area contributed by atoms with Gasteiger partial charge in [-0.15, -0.1) is 0 Å². The van der Waals surface area contributed by atoms with E-state index in [9.17, 15) is 28.8 Å². The molecule has 4 fully saturated rings. The molecule has 12 nitrogen and oxygen atoms in total. The zero-order valence-corrected chi connectivity index (χ0v) is 46.5. The molecule has 5 amide bonds. The van der Waals surface area contributed by atoms with Gasteiger partial charge < -0.3 is 30.2 Å². The van der Waals surface area contributed by atoms with Crippen molar-refractivity contribution in [2.24, 2.45) is 34.5 Å². The Morgan fingerprint density at radius 3 is 1.44 bits per heavy atom. The minimum absolute atomic E-state index is 0.0237. The van der Waals surface area contributed by atoms with Gasteiger partial charge >= 0.3 is 0 Å². The Kier molecular flexibility index (Phi) is 25.2. The summed E-state index contributed by atoms with van der Waals surface area (Å²) >= 11 is 0. The average molecular weight is 982 g/mol. The van der Waals surface area contributed by atoms with Gasteiger partial charge in [-0.2, -0.15) is 0 Å². The molecule has 70 heavy (non-hydrogen) atoms. The topological polar surface area (TPSA) is 139 Å². The van der Waals surface area contributed by atoms with E-state index in [-0.39, 0.29) is 71.2 Å². The fraction of sp³-hybridized carbons (Fsp3) is 0.897. The minimum Gasteiger partial charge on any atom is -0.344 e. The lowest BCUT2D eigenvalue weighted by Gasteiger charge is -2.38. The maximum atomic E-state index is 14.3. The predicted octanol–water partition coefficient (Wildman–Crippen LogP) is 10.5.